The van der Waals surface area contributed by atoms with Gasteiger partial charge in [-0.2, -0.15) is 0 Å². The second kappa shape index (κ2) is 16.5. The molecule has 0 radical (unpaired) electrons. The molecule has 0 spiro atoms. The quantitative estimate of drug-likeness (QED) is 0.105. The standard InChI is InChI=1S/C39H59NO3/c1-10-11-20-33-21-22-35(40-26-33)38(41)42-36-30(6)31(7)37-34(32(36)8)23-25-39(9,43-37)24-14-19-29(5)18-13-17-28(4)16-12-15-27(2)3/h10,21-22,26-29H,1,11-20,23-25H2,2-9H3/t28-,29-,39-/m1/s1. The number of carbonyl (C=O) groups excluding carboxylic acids is 1. The van der Waals surface area contributed by atoms with E-state index in [1.165, 1.54) is 56.9 Å². The molecule has 0 unspecified atom stereocenters. The van der Waals surface area contributed by atoms with Crippen molar-refractivity contribution in [3.05, 3.63) is 64.5 Å². The zero-order valence-electron chi connectivity index (χ0n) is 28.6. The summed E-state index contributed by atoms with van der Waals surface area (Å²) in [6, 6.07) is 3.69. The van der Waals surface area contributed by atoms with Gasteiger partial charge in [0.1, 0.15) is 22.8 Å². The Kier molecular flexibility index (Phi) is 13.3. The summed E-state index contributed by atoms with van der Waals surface area (Å²) in [7, 11) is 0. The van der Waals surface area contributed by atoms with Gasteiger partial charge in [0.25, 0.3) is 0 Å². The van der Waals surface area contributed by atoms with Gasteiger partial charge in [0.05, 0.1) is 0 Å². The van der Waals surface area contributed by atoms with Crippen LogP contribution in [0.2, 0.25) is 0 Å². The first-order valence-corrected chi connectivity index (χ1v) is 17.0. The van der Waals surface area contributed by atoms with Gasteiger partial charge in [-0.15, -0.1) is 6.58 Å². The molecule has 2 heterocycles. The van der Waals surface area contributed by atoms with Gasteiger partial charge in [0, 0.05) is 11.8 Å². The molecule has 4 nitrogen and oxygen atoms in total. The van der Waals surface area contributed by atoms with Gasteiger partial charge in [-0.1, -0.05) is 84.8 Å². The first-order chi connectivity index (χ1) is 20.4. The summed E-state index contributed by atoms with van der Waals surface area (Å²) in [6.45, 7) is 21.7. The predicted octanol–water partition coefficient (Wildman–Crippen LogP) is 10.9. The normalized spacial score (nSPS) is 17.7. The van der Waals surface area contributed by atoms with Crippen molar-refractivity contribution in [2.45, 2.75) is 144 Å². The maximum absolute atomic E-state index is 13.0. The number of fused-ring (bicyclic) bond motifs is 1. The number of aromatic nitrogens is 1. The first kappa shape index (κ1) is 34.9. The van der Waals surface area contributed by atoms with E-state index in [1.807, 2.05) is 19.1 Å². The molecule has 1 aliphatic rings. The lowest BCUT2D eigenvalue weighted by molar-refractivity contribution is 0.0508. The number of carbonyl (C=O) groups is 1. The van der Waals surface area contributed by atoms with Crippen LogP contribution in [0.5, 0.6) is 11.5 Å². The third-order valence-electron chi connectivity index (χ3n) is 9.70. The van der Waals surface area contributed by atoms with Crippen molar-refractivity contribution in [3.8, 4) is 11.5 Å². The molecular formula is C39H59NO3. The van der Waals surface area contributed by atoms with Crippen LogP contribution in [0.15, 0.2) is 31.0 Å². The van der Waals surface area contributed by atoms with Crippen LogP contribution in [0, 0.1) is 38.5 Å². The van der Waals surface area contributed by atoms with Crippen molar-refractivity contribution in [3.63, 3.8) is 0 Å². The third kappa shape index (κ3) is 10.2. The van der Waals surface area contributed by atoms with Gasteiger partial charge in [-0.25, -0.2) is 9.78 Å². The minimum absolute atomic E-state index is 0.156. The number of rotatable bonds is 17. The SMILES string of the molecule is C=CCCc1ccc(C(=O)Oc2c(C)c(C)c3c(c2C)CC[C@@](C)(CCC[C@H](C)CCC[C@H](C)CCCC(C)C)O3)nc1. The number of esters is 1. The zero-order valence-corrected chi connectivity index (χ0v) is 28.6. The molecule has 43 heavy (non-hydrogen) atoms. The summed E-state index contributed by atoms with van der Waals surface area (Å²) in [5, 5.41) is 0. The highest BCUT2D eigenvalue weighted by atomic mass is 16.5. The van der Waals surface area contributed by atoms with E-state index < -0.39 is 5.97 Å². The molecule has 0 saturated heterocycles. The van der Waals surface area contributed by atoms with E-state index in [-0.39, 0.29) is 5.60 Å². The second-order valence-corrected chi connectivity index (χ2v) is 14.2. The number of ether oxygens (including phenoxy) is 2. The minimum Gasteiger partial charge on any atom is -0.487 e. The molecule has 0 N–H and O–H groups in total. The number of hydrogen-bond donors (Lipinski definition) is 0. The van der Waals surface area contributed by atoms with Crippen LogP contribution >= 0.6 is 0 Å². The highest BCUT2D eigenvalue weighted by molar-refractivity contribution is 5.89. The first-order valence-electron chi connectivity index (χ1n) is 17.0. The number of aryl methyl sites for hydroxylation is 1. The van der Waals surface area contributed by atoms with Gasteiger partial charge < -0.3 is 9.47 Å². The number of pyridine rings is 1. The van der Waals surface area contributed by atoms with E-state index in [9.17, 15) is 4.79 Å². The molecule has 0 fully saturated rings. The molecule has 1 aromatic heterocycles. The second-order valence-electron chi connectivity index (χ2n) is 14.2. The van der Waals surface area contributed by atoms with E-state index in [1.54, 1.807) is 12.3 Å². The minimum atomic E-state index is -0.419. The van der Waals surface area contributed by atoms with Crippen LogP contribution in [0.1, 0.15) is 144 Å². The summed E-state index contributed by atoms with van der Waals surface area (Å²) in [4.78, 5) is 17.4. The van der Waals surface area contributed by atoms with E-state index in [4.69, 9.17) is 9.47 Å². The lowest BCUT2D eigenvalue weighted by atomic mass is 9.83. The Hall–Kier alpha value is -2.62. The van der Waals surface area contributed by atoms with Crippen LogP contribution in [0.4, 0.5) is 0 Å². The van der Waals surface area contributed by atoms with Gasteiger partial charge in [-0.3, -0.25) is 0 Å². The molecule has 0 saturated carbocycles. The lowest BCUT2D eigenvalue weighted by Gasteiger charge is -2.38. The van der Waals surface area contributed by atoms with Gasteiger partial charge in [0.2, 0.25) is 0 Å². The zero-order chi connectivity index (χ0) is 31.6. The van der Waals surface area contributed by atoms with Crippen LogP contribution in [-0.2, 0) is 12.8 Å². The molecule has 238 valence electrons. The fraction of sp³-hybridized carbons (Fsp3) is 0.641. The molecule has 0 amide bonds. The van der Waals surface area contributed by atoms with Gasteiger partial charge in [-0.05, 0) is 112 Å². The van der Waals surface area contributed by atoms with E-state index in [0.29, 0.717) is 11.4 Å². The average molecular weight is 590 g/mol. The fourth-order valence-corrected chi connectivity index (χ4v) is 6.52. The van der Waals surface area contributed by atoms with Crippen molar-refractivity contribution < 1.29 is 14.3 Å². The smallest absolute Gasteiger partial charge is 0.362 e. The Labute approximate surface area is 263 Å². The molecule has 3 rings (SSSR count). The summed E-state index contributed by atoms with van der Waals surface area (Å²) in [5.41, 5.74) is 5.46. The molecule has 4 heteroatoms. The highest BCUT2D eigenvalue weighted by Crippen LogP contribution is 2.45. The van der Waals surface area contributed by atoms with Crippen LogP contribution < -0.4 is 9.47 Å². The molecule has 1 aliphatic heterocycles. The summed E-state index contributed by atoms with van der Waals surface area (Å²) >= 11 is 0. The van der Waals surface area contributed by atoms with Crippen molar-refractivity contribution in [2.75, 3.05) is 0 Å². The van der Waals surface area contributed by atoms with Gasteiger partial charge >= 0.3 is 5.97 Å². The van der Waals surface area contributed by atoms with Gasteiger partial charge in [0.15, 0.2) is 0 Å². The van der Waals surface area contributed by atoms with E-state index in [0.717, 1.165) is 77.9 Å². The van der Waals surface area contributed by atoms with Crippen molar-refractivity contribution >= 4 is 5.97 Å². The van der Waals surface area contributed by atoms with Crippen LogP contribution in [0.25, 0.3) is 0 Å². The molecule has 2 aromatic rings. The molecule has 0 bridgehead atoms. The third-order valence-corrected chi connectivity index (χ3v) is 9.70. The monoisotopic (exact) mass is 589 g/mol. The molecule has 3 atom stereocenters. The topological polar surface area (TPSA) is 48.4 Å². The Morgan fingerprint density at radius 3 is 2.23 bits per heavy atom. The Morgan fingerprint density at radius 1 is 0.977 bits per heavy atom. The van der Waals surface area contributed by atoms with Crippen molar-refractivity contribution in [2.24, 2.45) is 17.8 Å². The summed E-state index contributed by atoms with van der Waals surface area (Å²) in [5.74, 6) is 3.67. The fourth-order valence-electron chi connectivity index (χ4n) is 6.52. The lowest BCUT2D eigenvalue weighted by Crippen LogP contribution is -2.37. The maximum atomic E-state index is 13.0. The number of benzene rings is 1. The Bertz CT molecular complexity index is 1200. The number of hydrogen-bond acceptors (Lipinski definition) is 4. The molecule has 1 aromatic carbocycles. The average Bonchev–Trinajstić information content (AvgIpc) is 2.97. The van der Waals surface area contributed by atoms with E-state index in [2.05, 4.69) is 60.0 Å². The summed E-state index contributed by atoms with van der Waals surface area (Å²) < 4.78 is 12.8. The van der Waals surface area contributed by atoms with Crippen LogP contribution in [-0.4, -0.2) is 16.6 Å². The highest BCUT2D eigenvalue weighted by Gasteiger charge is 2.35. The van der Waals surface area contributed by atoms with E-state index >= 15 is 0 Å². The molecule has 0 aliphatic carbocycles. The van der Waals surface area contributed by atoms with Crippen LogP contribution in [0.3, 0.4) is 0 Å². The number of nitrogens with zero attached hydrogens (tertiary/aromatic N) is 1. The maximum Gasteiger partial charge on any atom is 0.362 e. The van der Waals surface area contributed by atoms with Crippen molar-refractivity contribution in [1.82, 2.24) is 4.98 Å². The Balaban J connectivity index is 1.53. The Morgan fingerprint density at radius 2 is 1.63 bits per heavy atom. The molecular weight excluding hydrogens is 530 g/mol. The predicted molar refractivity (Wildman–Crippen MR) is 180 cm³/mol. The largest absolute Gasteiger partial charge is 0.487 e. The van der Waals surface area contributed by atoms with Crippen molar-refractivity contribution in [1.29, 1.82) is 0 Å². The number of allylic oxidation sites excluding steroid dienone is 1. The summed E-state index contributed by atoms with van der Waals surface area (Å²) in [6.07, 6.45) is 19.0.